The third kappa shape index (κ3) is 4.14. The maximum atomic E-state index is 9.68. The SMILES string of the molecule is COc1ccc(CCNC(=S)N2CCc3cc(O)c(O)cc3C2)cc1. The Morgan fingerprint density at radius 3 is 2.52 bits per heavy atom. The van der Waals surface area contributed by atoms with Gasteiger partial charge in [0.2, 0.25) is 0 Å². The Kier molecular flexibility index (Phi) is 5.28. The van der Waals surface area contributed by atoms with Crippen LogP contribution in [0.25, 0.3) is 0 Å². The van der Waals surface area contributed by atoms with Crippen LogP contribution in [0.4, 0.5) is 0 Å². The molecule has 0 saturated carbocycles. The summed E-state index contributed by atoms with van der Waals surface area (Å²) in [6, 6.07) is 11.3. The van der Waals surface area contributed by atoms with Gasteiger partial charge in [-0.15, -0.1) is 0 Å². The number of aromatic hydroxyl groups is 2. The molecule has 3 rings (SSSR count). The van der Waals surface area contributed by atoms with Crippen LogP contribution in [0.15, 0.2) is 36.4 Å². The molecular weight excluding hydrogens is 336 g/mol. The summed E-state index contributed by atoms with van der Waals surface area (Å²) in [6.45, 7) is 2.19. The molecule has 0 saturated heterocycles. The quantitative estimate of drug-likeness (QED) is 0.577. The number of rotatable bonds is 4. The molecule has 2 aromatic carbocycles. The van der Waals surface area contributed by atoms with Crippen molar-refractivity contribution in [3.63, 3.8) is 0 Å². The van der Waals surface area contributed by atoms with E-state index in [0.29, 0.717) is 11.7 Å². The van der Waals surface area contributed by atoms with Crippen molar-refractivity contribution in [1.29, 1.82) is 0 Å². The molecule has 1 aliphatic heterocycles. The van der Waals surface area contributed by atoms with E-state index < -0.39 is 0 Å². The summed E-state index contributed by atoms with van der Waals surface area (Å²) >= 11 is 5.50. The van der Waals surface area contributed by atoms with Crippen molar-refractivity contribution in [2.45, 2.75) is 19.4 Å². The minimum atomic E-state index is -0.0843. The van der Waals surface area contributed by atoms with E-state index in [0.717, 1.165) is 42.8 Å². The topological polar surface area (TPSA) is 65.0 Å². The van der Waals surface area contributed by atoms with Gasteiger partial charge in [0.05, 0.1) is 7.11 Å². The van der Waals surface area contributed by atoms with Gasteiger partial charge in [0.1, 0.15) is 5.75 Å². The maximum Gasteiger partial charge on any atom is 0.169 e. The van der Waals surface area contributed by atoms with Gasteiger partial charge in [0, 0.05) is 19.6 Å². The van der Waals surface area contributed by atoms with E-state index in [2.05, 4.69) is 22.3 Å². The maximum absolute atomic E-state index is 9.68. The van der Waals surface area contributed by atoms with Crippen molar-refractivity contribution in [2.24, 2.45) is 0 Å². The van der Waals surface area contributed by atoms with Crippen LogP contribution < -0.4 is 10.1 Å². The van der Waals surface area contributed by atoms with E-state index in [-0.39, 0.29) is 11.5 Å². The Hall–Kier alpha value is -2.47. The number of phenolic OH excluding ortho intramolecular Hbond substituents is 2. The van der Waals surface area contributed by atoms with Crippen molar-refractivity contribution in [3.05, 3.63) is 53.1 Å². The summed E-state index contributed by atoms with van der Waals surface area (Å²) in [5.74, 6) is 0.708. The Morgan fingerprint density at radius 2 is 1.84 bits per heavy atom. The van der Waals surface area contributed by atoms with Crippen LogP contribution in [0.1, 0.15) is 16.7 Å². The summed E-state index contributed by atoms with van der Waals surface area (Å²) in [5, 5.41) is 23.3. The molecule has 3 N–H and O–H groups in total. The molecule has 0 amide bonds. The molecule has 6 heteroatoms. The second kappa shape index (κ2) is 7.61. The van der Waals surface area contributed by atoms with Gasteiger partial charge in [-0.1, -0.05) is 12.1 Å². The van der Waals surface area contributed by atoms with Crippen LogP contribution >= 0.6 is 12.2 Å². The van der Waals surface area contributed by atoms with E-state index in [4.69, 9.17) is 17.0 Å². The van der Waals surface area contributed by atoms with Crippen molar-refractivity contribution in [3.8, 4) is 17.2 Å². The molecule has 1 aliphatic rings. The zero-order valence-electron chi connectivity index (χ0n) is 14.2. The van der Waals surface area contributed by atoms with Crippen LogP contribution in [-0.2, 0) is 19.4 Å². The number of hydrogen-bond donors (Lipinski definition) is 3. The van der Waals surface area contributed by atoms with Gasteiger partial charge in [-0.3, -0.25) is 0 Å². The molecule has 0 aromatic heterocycles. The van der Waals surface area contributed by atoms with Gasteiger partial charge in [-0.05, 0) is 66.0 Å². The van der Waals surface area contributed by atoms with Crippen LogP contribution in [0.5, 0.6) is 17.2 Å². The smallest absolute Gasteiger partial charge is 0.169 e. The molecule has 0 unspecified atom stereocenters. The lowest BCUT2D eigenvalue weighted by atomic mass is 9.99. The number of phenols is 2. The minimum Gasteiger partial charge on any atom is -0.504 e. The van der Waals surface area contributed by atoms with Crippen LogP contribution in [0.3, 0.4) is 0 Å². The molecule has 0 fully saturated rings. The number of methoxy groups -OCH3 is 1. The standard InChI is InChI=1S/C19H22N2O3S/c1-24-16-4-2-13(3-5-16)6-8-20-19(25)21-9-7-14-10-17(22)18(23)11-15(14)12-21/h2-5,10-11,22-23H,6-9,12H2,1H3,(H,20,25). The fraction of sp³-hybridized carbons (Fsp3) is 0.316. The first-order valence-electron chi connectivity index (χ1n) is 8.26. The number of hydrogen-bond acceptors (Lipinski definition) is 4. The summed E-state index contributed by atoms with van der Waals surface area (Å²) in [4.78, 5) is 2.09. The van der Waals surface area contributed by atoms with Gasteiger partial charge in [0.25, 0.3) is 0 Å². The lowest BCUT2D eigenvalue weighted by Gasteiger charge is -2.31. The van der Waals surface area contributed by atoms with Crippen LogP contribution in [-0.4, -0.2) is 40.4 Å². The van der Waals surface area contributed by atoms with E-state index in [1.807, 2.05) is 12.1 Å². The lowest BCUT2D eigenvalue weighted by Crippen LogP contribution is -2.43. The molecule has 0 radical (unpaired) electrons. The second-order valence-electron chi connectivity index (χ2n) is 6.11. The third-order valence-electron chi connectivity index (χ3n) is 4.45. The predicted molar refractivity (Wildman–Crippen MR) is 101 cm³/mol. The highest BCUT2D eigenvalue weighted by Crippen LogP contribution is 2.31. The Morgan fingerprint density at radius 1 is 1.16 bits per heavy atom. The average Bonchev–Trinajstić information content (AvgIpc) is 2.63. The van der Waals surface area contributed by atoms with Crippen molar-refractivity contribution in [1.82, 2.24) is 10.2 Å². The Labute approximate surface area is 152 Å². The highest BCUT2D eigenvalue weighted by molar-refractivity contribution is 7.80. The Bertz CT molecular complexity index is 762. The summed E-state index contributed by atoms with van der Waals surface area (Å²) in [7, 11) is 1.66. The molecule has 0 bridgehead atoms. The summed E-state index contributed by atoms with van der Waals surface area (Å²) < 4.78 is 5.16. The van der Waals surface area contributed by atoms with E-state index >= 15 is 0 Å². The normalized spacial score (nSPS) is 13.2. The number of ether oxygens (including phenoxy) is 1. The zero-order valence-corrected chi connectivity index (χ0v) is 15.0. The van der Waals surface area contributed by atoms with Gasteiger partial charge in [-0.2, -0.15) is 0 Å². The predicted octanol–water partition coefficient (Wildman–Crippen LogP) is 2.58. The van der Waals surface area contributed by atoms with Gasteiger partial charge in [0.15, 0.2) is 16.6 Å². The molecule has 0 atom stereocenters. The first-order chi connectivity index (χ1) is 12.1. The lowest BCUT2D eigenvalue weighted by molar-refractivity contribution is 0.375. The number of thiocarbonyl (C=S) groups is 1. The fourth-order valence-corrected chi connectivity index (χ4v) is 3.23. The third-order valence-corrected chi connectivity index (χ3v) is 4.85. The monoisotopic (exact) mass is 358 g/mol. The molecule has 5 nitrogen and oxygen atoms in total. The fourth-order valence-electron chi connectivity index (χ4n) is 2.97. The van der Waals surface area contributed by atoms with Crippen LogP contribution in [0, 0.1) is 0 Å². The second-order valence-corrected chi connectivity index (χ2v) is 6.50. The molecular formula is C19H22N2O3S. The van der Waals surface area contributed by atoms with E-state index in [1.165, 1.54) is 5.56 Å². The highest BCUT2D eigenvalue weighted by Gasteiger charge is 2.20. The van der Waals surface area contributed by atoms with Crippen molar-refractivity contribution in [2.75, 3.05) is 20.2 Å². The number of nitrogens with zero attached hydrogens (tertiary/aromatic N) is 1. The average molecular weight is 358 g/mol. The molecule has 25 heavy (non-hydrogen) atoms. The number of benzene rings is 2. The summed E-state index contributed by atoms with van der Waals surface area (Å²) in [6.07, 6.45) is 1.67. The van der Waals surface area contributed by atoms with E-state index in [1.54, 1.807) is 19.2 Å². The molecule has 0 spiro atoms. The minimum absolute atomic E-state index is 0.0626. The Balaban J connectivity index is 1.52. The first kappa shape index (κ1) is 17.4. The molecule has 0 aliphatic carbocycles. The first-order valence-corrected chi connectivity index (χ1v) is 8.67. The molecule has 132 valence electrons. The van der Waals surface area contributed by atoms with Gasteiger partial charge >= 0.3 is 0 Å². The largest absolute Gasteiger partial charge is 0.504 e. The number of fused-ring (bicyclic) bond motifs is 1. The van der Waals surface area contributed by atoms with Crippen molar-refractivity contribution >= 4 is 17.3 Å². The van der Waals surface area contributed by atoms with E-state index in [9.17, 15) is 10.2 Å². The molecule has 2 aromatic rings. The molecule has 1 heterocycles. The van der Waals surface area contributed by atoms with Gasteiger partial charge in [-0.25, -0.2) is 0 Å². The number of nitrogens with one attached hydrogen (secondary N) is 1. The van der Waals surface area contributed by atoms with Crippen molar-refractivity contribution < 1.29 is 14.9 Å². The summed E-state index contributed by atoms with van der Waals surface area (Å²) in [5.41, 5.74) is 3.29. The van der Waals surface area contributed by atoms with Crippen LogP contribution in [0.2, 0.25) is 0 Å². The highest BCUT2D eigenvalue weighted by atomic mass is 32.1. The van der Waals surface area contributed by atoms with Gasteiger partial charge < -0.3 is 25.2 Å². The zero-order chi connectivity index (χ0) is 17.8.